The Balaban J connectivity index is 2.40. The van der Waals surface area contributed by atoms with Crippen LogP contribution in [0.1, 0.15) is 11.3 Å². The summed E-state index contributed by atoms with van der Waals surface area (Å²) in [6.07, 6.45) is 2.59. The monoisotopic (exact) mass is 268 g/mol. The number of nitrogens with two attached hydrogens (primary N) is 1. The number of nitrogens with zero attached hydrogens (tertiary/aromatic N) is 2. The standard InChI is InChI=1S/C10H12N4O3S/c1-6-7(2)13-17-10(6)14-18(15,16)9-5-12-4-3-8(9)11/h3-5,14H,1-2H3,(H2,11,12). The molecule has 0 aliphatic carbocycles. The lowest BCUT2D eigenvalue weighted by atomic mass is 10.3. The molecule has 0 aromatic carbocycles. The van der Waals surface area contributed by atoms with E-state index in [-0.39, 0.29) is 16.5 Å². The van der Waals surface area contributed by atoms with Crippen molar-refractivity contribution in [3.63, 3.8) is 0 Å². The van der Waals surface area contributed by atoms with Crippen LogP contribution in [0.5, 0.6) is 0 Å². The van der Waals surface area contributed by atoms with Crippen molar-refractivity contribution >= 4 is 21.6 Å². The first kappa shape index (κ1) is 12.4. The highest BCUT2D eigenvalue weighted by molar-refractivity contribution is 7.92. The van der Waals surface area contributed by atoms with Crippen LogP contribution in [0.2, 0.25) is 0 Å². The summed E-state index contributed by atoms with van der Waals surface area (Å²) in [5, 5.41) is 3.67. The van der Waals surface area contributed by atoms with Crippen molar-refractivity contribution in [1.82, 2.24) is 10.1 Å². The fourth-order valence-corrected chi connectivity index (χ4v) is 2.43. The summed E-state index contributed by atoms with van der Waals surface area (Å²) in [4.78, 5) is 3.64. The summed E-state index contributed by atoms with van der Waals surface area (Å²) in [5.74, 6) is 0.0794. The fraction of sp³-hybridized carbons (Fsp3) is 0.200. The number of nitrogens with one attached hydrogen (secondary N) is 1. The van der Waals surface area contributed by atoms with E-state index in [9.17, 15) is 8.42 Å². The fourth-order valence-electron chi connectivity index (χ4n) is 1.30. The number of aromatic nitrogens is 2. The summed E-state index contributed by atoms with van der Waals surface area (Å²) in [7, 11) is -3.82. The Morgan fingerprint density at radius 2 is 2.11 bits per heavy atom. The maximum atomic E-state index is 12.1. The molecule has 0 atom stereocenters. The largest absolute Gasteiger partial charge is 0.398 e. The highest BCUT2D eigenvalue weighted by Gasteiger charge is 2.21. The van der Waals surface area contributed by atoms with E-state index in [0.29, 0.717) is 11.3 Å². The molecule has 2 rings (SSSR count). The van der Waals surface area contributed by atoms with Gasteiger partial charge < -0.3 is 10.3 Å². The highest BCUT2D eigenvalue weighted by Crippen LogP contribution is 2.23. The maximum Gasteiger partial charge on any atom is 0.267 e. The zero-order valence-electron chi connectivity index (χ0n) is 9.84. The molecule has 0 saturated heterocycles. The SMILES string of the molecule is Cc1noc(NS(=O)(=O)c2cnccc2N)c1C. The summed E-state index contributed by atoms with van der Waals surface area (Å²) >= 11 is 0. The second-order valence-electron chi connectivity index (χ2n) is 3.74. The number of nitrogen functional groups attached to an aromatic ring is 1. The van der Waals surface area contributed by atoms with E-state index in [4.69, 9.17) is 10.3 Å². The summed E-state index contributed by atoms with van der Waals surface area (Å²) < 4.78 is 31.3. The quantitative estimate of drug-likeness (QED) is 0.861. The van der Waals surface area contributed by atoms with E-state index in [1.165, 1.54) is 18.5 Å². The molecular weight excluding hydrogens is 256 g/mol. The Bertz CT molecular complexity index is 678. The third kappa shape index (κ3) is 2.14. The molecule has 0 aliphatic rings. The van der Waals surface area contributed by atoms with Gasteiger partial charge in [0.25, 0.3) is 10.0 Å². The van der Waals surface area contributed by atoms with Crippen LogP contribution in [0, 0.1) is 13.8 Å². The van der Waals surface area contributed by atoms with Gasteiger partial charge in [-0.1, -0.05) is 5.16 Å². The zero-order chi connectivity index (χ0) is 13.3. The number of pyridine rings is 1. The lowest BCUT2D eigenvalue weighted by Crippen LogP contribution is -2.15. The van der Waals surface area contributed by atoms with E-state index in [1.54, 1.807) is 13.8 Å². The molecule has 0 spiro atoms. The Kier molecular flexibility index (Phi) is 2.95. The molecule has 3 N–H and O–H groups in total. The molecule has 8 heteroatoms. The second kappa shape index (κ2) is 4.30. The molecule has 2 aromatic rings. The van der Waals surface area contributed by atoms with E-state index in [0.717, 1.165) is 0 Å². The van der Waals surface area contributed by atoms with Gasteiger partial charge in [0.2, 0.25) is 5.88 Å². The third-order valence-corrected chi connectivity index (χ3v) is 3.86. The van der Waals surface area contributed by atoms with Crippen LogP contribution in [0.25, 0.3) is 0 Å². The van der Waals surface area contributed by atoms with Crippen LogP contribution in [0.4, 0.5) is 11.6 Å². The molecule has 0 radical (unpaired) electrons. The molecule has 2 heterocycles. The Morgan fingerprint density at radius 1 is 1.39 bits per heavy atom. The van der Waals surface area contributed by atoms with Crippen LogP contribution >= 0.6 is 0 Å². The number of sulfonamides is 1. The molecule has 0 fully saturated rings. The van der Waals surface area contributed by atoms with Crippen LogP contribution in [0.3, 0.4) is 0 Å². The van der Waals surface area contributed by atoms with Gasteiger partial charge in [0.1, 0.15) is 4.90 Å². The highest BCUT2D eigenvalue weighted by atomic mass is 32.2. The topological polar surface area (TPSA) is 111 Å². The lowest BCUT2D eigenvalue weighted by molar-refractivity contribution is 0.430. The normalized spacial score (nSPS) is 11.4. The van der Waals surface area contributed by atoms with E-state index in [2.05, 4.69) is 14.9 Å². The lowest BCUT2D eigenvalue weighted by Gasteiger charge is -2.07. The minimum absolute atomic E-state index is 0.0794. The van der Waals surface area contributed by atoms with Gasteiger partial charge in [-0.2, -0.15) is 0 Å². The van der Waals surface area contributed by atoms with E-state index >= 15 is 0 Å². The number of hydrogen-bond donors (Lipinski definition) is 2. The Labute approximate surface area is 104 Å². The Hall–Kier alpha value is -2.09. The predicted molar refractivity (Wildman–Crippen MR) is 65.4 cm³/mol. The van der Waals surface area contributed by atoms with Crippen LogP contribution < -0.4 is 10.5 Å². The molecule has 0 saturated carbocycles. The van der Waals surface area contributed by atoms with Gasteiger partial charge in [-0.25, -0.2) is 13.1 Å². The summed E-state index contributed by atoms with van der Waals surface area (Å²) in [5.41, 5.74) is 6.96. The number of rotatable bonds is 3. The molecule has 0 aliphatic heterocycles. The molecule has 0 bridgehead atoms. The van der Waals surface area contributed by atoms with Gasteiger partial charge in [-0.15, -0.1) is 0 Å². The number of hydrogen-bond acceptors (Lipinski definition) is 6. The number of anilines is 2. The number of aryl methyl sites for hydroxylation is 1. The first-order chi connectivity index (χ1) is 8.42. The first-order valence-corrected chi connectivity index (χ1v) is 6.55. The molecule has 7 nitrogen and oxygen atoms in total. The van der Waals surface area contributed by atoms with Crippen molar-refractivity contribution in [2.45, 2.75) is 18.7 Å². The van der Waals surface area contributed by atoms with Crippen LogP contribution in [0.15, 0.2) is 27.9 Å². The average Bonchev–Trinajstić information content (AvgIpc) is 2.61. The predicted octanol–water partition coefficient (Wildman–Crippen LogP) is 1.07. The van der Waals surface area contributed by atoms with Crippen molar-refractivity contribution in [2.24, 2.45) is 0 Å². The Morgan fingerprint density at radius 3 is 2.67 bits per heavy atom. The minimum Gasteiger partial charge on any atom is -0.398 e. The van der Waals surface area contributed by atoms with Crippen molar-refractivity contribution in [1.29, 1.82) is 0 Å². The molecular formula is C10H12N4O3S. The van der Waals surface area contributed by atoms with Gasteiger partial charge in [-0.05, 0) is 19.9 Å². The van der Waals surface area contributed by atoms with Crippen LogP contribution in [-0.4, -0.2) is 18.6 Å². The summed E-state index contributed by atoms with van der Waals surface area (Å²) in [6, 6.07) is 1.41. The maximum absolute atomic E-state index is 12.1. The molecule has 0 amide bonds. The van der Waals surface area contributed by atoms with Gasteiger partial charge in [0, 0.05) is 18.0 Å². The molecule has 18 heavy (non-hydrogen) atoms. The molecule has 0 unspecified atom stereocenters. The van der Waals surface area contributed by atoms with E-state index in [1.807, 2.05) is 0 Å². The average molecular weight is 268 g/mol. The van der Waals surface area contributed by atoms with Gasteiger partial charge >= 0.3 is 0 Å². The third-order valence-electron chi connectivity index (χ3n) is 2.49. The van der Waals surface area contributed by atoms with Gasteiger partial charge in [0.15, 0.2) is 0 Å². The summed E-state index contributed by atoms with van der Waals surface area (Å²) in [6.45, 7) is 3.42. The van der Waals surface area contributed by atoms with E-state index < -0.39 is 10.0 Å². The van der Waals surface area contributed by atoms with Gasteiger partial charge in [-0.3, -0.25) is 4.98 Å². The second-order valence-corrected chi connectivity index (χ2v) is 5.39. The van der Waals surface area contributed by atoms with Gasteiger partial charge in [0.05, 0.1) is 11.4 Å². The molecule has 2 aromatic heterocycles. The van der Waals surface area contributed by atoms with Crippen molar-refractivity contribution in [3.8, 4) is 0 Å². The smallest absolute Gasteiger partial charge is 0.267 e. The first-order valence-electron chi connectivity index (χ1n) is 5.07. The van der Waals surface area contributed by atoms with Crippen molar-refractivity contribution < 1.29 is 12.9 Å². The molecule has 96 valence electrons. The van der Waals surface area contributed by atoms with Crippen molar-refractivity contribution in [3.05, 3.63) is 29.7 Å². The minimum atomic E-state index is -3.82. The van der Waals surface area contributed by atoms with Crippen LogP contribution in [-0.2, 0) is 10.0 Å². The van der Waals surface area contributed by atoms with Crippen molar-refractivity contribution in [2.75, 3.05) is 10.5 Å². The zero-order valence-corrected chi connectivity index (χ0v) is 10.7.